The fourth-order valence-electron chi connectivity index (χ4n) is 3.06. The van der Waals surface area contributed by atoms with Gasteiger partial charge in [0.15, 0.2) is 0 Å². The van der Waals surface area contributed by atoms with E-state index in [4.69, 9.17) is 9.84 Å². The lowest BCUT2D eigenvalue weighted by Gasteiger charge is -2.28. The van der Waals surface area contributed by atoms with E-state index >= 15 is 0 Å². The highest BCUT2D eigenvalue weighted by atomic mass is 16.5. The lowest BCUT2D eigenvalue weighted by atomic mass is 10.1. The van der Waals surface area contributed by atoms with E-state index in [1.807, 2.05) is 4.90 Å². The zero-order valence-electron chi connectivity index (χ0n) is 11.8. The Kier molecular flexibility index (Phi) is 5.79. The van der Waals surface area contributed by atoms with Crippen molar-refractivity contribution in [1.82, 2.24) is 10.2 Å². The first kappa shape index (κ1) is 15.3. The van der Waals surface area contributed by atoms with Gasteiger partial charge in [-0.3, -0.25) is 14.5 Å². The average molecular weight is 284 g/mol. The van der Waals surface area contributed by atoms with E-state index in [2.05, 4.69) is 5.32 Å². The summed E-state index contributed by atoms with van der Waals surface area (Å²) < 4.78 is 5.26. The van der Waals surface area contributed by atoms with Crippen molar-refractivity contribution in [2.75, 3.05) is 26.3 Å². The lowest BCUT2D eigenvalue weighted by molar-refractivity contribution is -0.139. The van der Waals surface area contributed by atoms with Crippen molar-refractivity contribution in [2.24, 2.45) is 0 Å². The van der Waals surface area contributed by atoms with Crippen molar-refractivity contribution >= 4 is 11.9 Å². The van der Waals surface area contributed by atoms with Crippen LogP contribution < -0.4 is 5.32 Å². The molecule has 0 atom stereocenters. The Morgan fingerprint density at radius 3 is 2.35 bits per heavy atom. The minimum absolute atomic E-state index is 0.0497. The van der Waals surface area contributed by atoms with Crippen molar-refractivity contribution < 1.29 is 19.4 Å². The van der Waals surface area contributed by atoms with Crippen molar-refractivity contribution in [3.63, 3.8) is 0 Å². The van der Waals surface area contributed by atoms with Gasteiger partial charge in [0.05, 0.1) is 13.1 Å². The van der Waals surface area contributed by atoms with E-state index in [9.17, 15) is 9.59 Å². The Bertz CT molecular complexity index is 336. The molecular formula is C14H24N2O4. The van der Waals surface area contributed by atoms with E-state index < -0.39 is 5.97 Å². The summed E-state index contributed by atoms with van der Waals surface area (Å²) in [6.45, 7) is 1.51. The van der Waals surface area contributed by atoms with E-state index in [-0.39, 0.29) is 31.1 Å². The number of hydrogen-bond acceptors (Lipinski definition) is 4. The molecule has 0 radical (unpaired) electrons. The van der Waals surface area contributed by atoms with Crippen molar-refractivity contribution in [3.8, 4) is 0 Å². The summed E-state index contributed by atoms with van der Waals surface area (Å²) in [5, 5.41) is 12.0. The Morgan fingerprint density at radius 2 is 1.75 bits per heavy atom. The van der Waals surface area contributed by atoms with Gasteiger partial charge >= 0.3 is 5.97 Å². The van der Waals surface area contributed by atoms with Crippen LogP contribution in [-0.4, -0.2) is 60.3 Å². The fourth-order valence-corrected chi connectivity index (χ4v) is 3.06. The van der Waals surface area contributed by atoms with Crippen LogP contribution in [0.5, 0.6) is 0 Å². The van der Waals surface area contributed by atoms with E-state index in [1.165, 1.54) is 0 Å². The zero-order chi connectivity index (χ0) is 14.4. The van der Waals surface area contributed by atoms with Crippen LogP contribution >= 0.6 is 0 Å². The quantitative estimate of drug-likeness (QED) is 0.747. The molecule has 1 saturated carbocycles. The van der Waals surface area contributed by atoms with Crippen LogP contribution in [0.15, 0.2) is 0 Å². The first-order chi connectivity index (χ1) is 9.65. The first-order valence-corrected chi connectivity index (χ1v) is 7.48. The normalized spacial score (nSPS) is 21.2. The summed E-state index contributed by atoms with van der Waals surface area (Å²) >= 11 is 0. The maximum Gasteiger partial charge on any atom is 0.317 e. The molecule has 1 saturated heterocycles. The molecule has 0 unspecified atom stereocenters. The molecule has 0 bridgehead atoms. The van der Waals surface area contributed by atoms with Gasteiger partial charge in [0.25, 0.3) is 0 Å². The number of carbonyl (C=O) groups is 2. The molecule has 0 aromatic heterocycles. The average Bonchev–Trinajstić information content (AvgIpc) is 2.92. The Hall–Kier alpha value is -1.14. The second-order valence-corrected chi connectivity index (χ2v) is 5.69. The monoisotopic (exact) mass is 284 g/mol. The van der Waals surface area contributed by atoms with Gasteiger partial charge in [-0.2, -0.15) is 0 Å². The van der Waals surface area contributed by atoms with Crippen molar-refractivity contribution in [1.29, 1.82) is 0 Å². The van der Waals surface area contributed by atoms with Gasteiger partial charge in [0, 0.05) is 25.3 Å². The van der Waals surface area contributed by atoms with Gasteiger partial charge in [-0.1, -0.05) is 12.8 Å². The predicted molar refractivity (Wildman–Crippen MR) is 73.4 cm³/mol. The number of carboxylic acid groups (broad SMARTS) is 1. The van der Waals surface area contributed by atoms with Crippen LogP contribution in [-0.2, 0) is 14.3 Å². The summed E-state index contributed by atoms with van der Waals surface area (Å²) in [4.78, 5) is 24.8. The lowest BCUT2D eigenvalue weighted by Crippen LogP contribution is -2.47. The first-order valence-electron chi connectivity index (χ1n) is 7.48. The molecule has 2 rings (SSSR count). The highest BCUT2D eigenvalue weighted by Gasteiger charge is 2.26. The molecular weight excluding hydrogens is 260 g/mol. The topological polar surface area (TPSA) is 78.9 Å². The molecule has 1 amide bonds. The Balaban J connectivity index is 1.82. The standard InChI is InChI=1S/C14H24N2O4/c17-13(15-11-5-7-20-8-6-11)9-16(10-14(18)19)12-3-1-2-4-12/h11-12H,1-10H2,(H,15,17)(H,18,19). The number of hydrogen-bond donors (Lipinski definition) is 2. The highest BCUT2D eigenvalue weighted by Crippen LogP contribution is 2.23. The smallest absolute Gasteiger partial charge is 0.317 e. The number of nitrogens with one attached hydrogen (secondary N) is 1. The molecule has 0 aromatic rings. The van der Waals surface area contributed by atoms with Crippen molar-refractivity contribution in [3.05, 3.63) is 0 Å². The molecule has 1 heterocycles. The molecule has 114 valence electrons. The third kappa shape index (κ3) is 4.76. The Morgan fingerprint density at radius 1 is 1.10 bits per heavy atom. The zero-order valence-corrected chi connectivity index (χ0v) is 11.8. The number of carboxylic acids is 1. The number of amides is 1. The summed E-state index contributed by atoms with van der Waals surface area (Å²) in [7, 11) is 0. The van der Waals surface area contributed by atoms with Crippen LogP contribution in [0, 0.1) is 0 Å². The Labute approximate surface area is 119 Å². The summed E-state index contributed by atoms with van der Waals surface area (Å²) in [5.41, 5.74) is 0. The maximum absolute atomic E-state index is 12.1. The van der Waals surface area contributed by atoms with Crippen LogP contribution in [0.25, 0.3) is 0 Å². The fraction of sp³-hybridized carbons (Fsp3) is 0.857. The van der Waals surface area contributed by atoms with Crippen LogP contribution in [0.1, 0.15) is 38.5 Å². The summed E-state index contributed by atoms with van der Waals surface area (Å²) in [6.07, 6.45) is 5.93. The number of ether oxygens (including phenoxy) is 1. The summed E-state index contributed by atoms with van der Waals surface area (Å²) in [5.74, 6) is -0.930. The molecule has 0 spiro atoms. The van der Waals surface area contributed by atoms with Gasteiger partial charge in [-0.15, -0.1) is 0 Å². The second kappa shape index (κ2) is 7.59. The van der Waals surface area contributed by atoms with E-state index in [1.54, 1.807) is 0 Å². The van der Waals surface area contributed by atoms with Crippen LogP contribution in [0.4, 0.5) is 0 Å². The van der Waals surface area contributed by atoms with Gasteiger partial charge in [-0.25, -0.2) is 0 Å². The largest absolute Gasteiger partial charge is 0.480 e. The molecule has 1 aliphatic carbocycles. The summed E-state index contributed by atoms with van der Waals surface area (Å²) in [6, 6.07) is 0.415. The molecule has 6 nitrogen and oxygen atoms in total. The van der Waals surface area contributed by atoms with E-state index in [0.29, 0.717) is 13.2 Å². The third-order valence-electron chi connectivity index (χ3n) is 4.11. The molecule has 1 aliphatic heterocycles. The minimum Gasteiger partial charge on any atom is -0.480 e. The van der Waals surface area contributed by atoms with Gasteiger partial charge < -0.3 is 15.2 Å². The number of aliphatic carboxylic acids is 1. The van der Waals surface area contributed by atoms with Gasteiger partial charge in [0.1, 0.15) is 0 Å². The van der Waals surface area contributed by atoms with Crippen LogP contribution in [0.2, 0.25) is 0 Å². The number of rotatable bonds is 6. The minimum atomic E-state index is -0.865. The molecule has 2 fully saturated rings. The van der Waals surface area contributed by atoms with E-state index in [0.717, 1.165) is 38.5 Å². The number of carbonyl (C=O) groups excluding carboxylic acids is 1. The predicted octanol–water partition coefficient (Wildman–Crippen LogP) is 0.611. The highest BCUT2D eigenvalue weighted by molar-refractivity contribution is 5.79. The maximum atomic E-state index is 12.1. The second-order valence-electron chi connectivity index (χ2n) is 5.69. The van der Waals surface area contributed by atoms with Crippen molar-refractivity contribution in [2.45, 2.75) is 50.6 Å². The molecule has 6 heteroatoms. The third-order valence-corrected chi connectivity index (χ3v) is 4.11. The molecule has 0 aromatic carbocycles. The SMILES string of the molecule is O=C(O)CN(CC(=O)NC1CCOCC1)C1CCCC1. The van der Waals surface area contributed by atoms with Gasteiger partial charge in [-0.05, 0) is 25.7 Å². The molecule has 2 aliphatic rings. The molecule has 20 heavy (non-hydrogen) atoms. The molecule has 2 N–H and O–H groups in total. The van der Waals surface area contributed by atoms with Crippen LogP contribution in [0.3, 0.4) is 0 Å². The number of nitrogens with zero attached hydrogens (tertiary/aromatic N) is 1. The van der Waals surface area contributed by atoms with Gasteiger partial charge in [0.2, 0.25) is 5.91 Å².